The van der Waals surface area contributed by atoms with Gasteiger partial charge in [0.15, 0.2) is 6.29 Å². The summed E-state index contributed by atoms with van der Waals surface area (Å²) in [5.41, 5.74) is 1.04. The highest BCUT2D eigenvalue weighted by atomic mass is 16.7. The number of methoxy groups -OCH3 is 3. The van der Waals surface area contributed by atoms with Crippen LogP contribution in [-0.4, -0.2) is 63.7 Å². The molecule has 0 aromatic heterocycles. The molecule has 1 aliphatic heterocycles. The van der Waals surface area contributed by atoms with Crippen LogP contribution in [0.5, 0.6) is 0 Å². The van der Waals surface area contributed by atoms with Gasteiger partial charge in [0.05, 0.1) is 13.2 Å². The summed E-state index contributed by atoms with van der Waals surface area (Å²) in [6.07, 6.45) is -2.43. The third-order valence-electron chi connectivity index (χ3n) is 3.83. The van der Waals surface area contributed by atoms with Crippen molar-refractivity contribution in [2.75, 3.05) is 27.9 Å². The molecule has 6 nitrogen and oxygen atoms in total. The number of ether oxygens (including phenoxy) is 5. The molecule has 2 rings (SSSR count). The van der Waals surface area contributed by atoms with Gasteiger partial charge in [0, 0.05) is 21.3 Å². The van der Waals surface area contributed by atoms with Crippen molar-refractivity contribution in [3.05, 3.63) is 35.9 Å². The summed E-state index contributed by atoms with van der Waals surface area (Å²) in [6.45, 7) is 0.217. The zero-order valence-corrected chi connectivity index (χ0v) is 13.2. The van der Waals surface area contributed by atoms with Crippen LogP contribution in [0.15, 0.2) is 30.3 Å². The first-order chi connectivity index (χ1) is 10.7. The van der Waals surface area contributed by atoms with Crippen LogP contribution in [0.1, 0.15) is 5.56 Å². The molecule has 0 saturated carbocycles. The van der Waals surface area contributed by atoms with Crippen LogP contribution in [0.2, 0.25) is 0 Å². The largest absolute Gasteiger partial charge is 0.394 e. The summed E-state index contributed by atoms with van der Waals surface area (Å²) in [6, 6.07) is 9.81. The van der Waals surface area contributed by atoms with E-state index in [0.29, 0.717) is 6.61 Å². The molecule has 5 atom stereocenters. The van der Waals surface area contributed by atoms with E-state index in [4.69, 9.17) is 23.7 Å². The second kappa shape index (κ2) is 8.57. The average molecular weight is 312 g/mol. The fraction of sp³-hybridized carbons (Fsp3) is 0.625. The average Bonchev–Trinajstić information content (AvgIpc) is 2.59. The lowest BCUT2D eigenvalue weighted by Crippen LogP contribution is -2.61. The Hall–Kier alpha value is -1.02. The molecule has 0 radical (unpaired) electrons. The molecule has 0 bridgehead atoms. The Kier molecular flexibility index (Phi) is 6.75. The van der Waals surface area contributed by atoms with E-state index in [1.54, 1.807) is 14.2 Å². The Morgan fingerprint density at radius 3 is 2.18 bits per heavy atom. The van der Waals surface area contributed by atoms with Crippen molar-refractivity contribution in [2.45, 2.75) is 37.3 Å². The zero-order valence-electron chi connectivity index (χ0n) is 13.2. The number of benzene rings is 1. The van der Waals surface area contributed by atoms with E-state index in [1.165, 1.54) is 7.11 Å². The van der Waals surface area contributed by atoms with Crippen LogP contribution >= 0.6 is 0 Å². The molecule has 1 heterocycles. The predicted octanol–water partition coefficient (Wildman–Crippen LogP) is 0.965. The third-order valence-corrected chi connectivity index (χ3v) is 3.83. The van der Waals surface area contributed by atoms with E-state index in [2.05, 4.69) is 0 Å². The maximum atomic E-state index is 9.59. The van der Waals surface area contributed by atoms with Crippen molar-refractivity contribution in [1.29, 1.82) is 0 Å². The molecule has 6 heteroatoms. The minimum atomic E-state index is -0.608. The Labute approximate surface area is 130 Å². The smallest absolute Gasteiger partial charge is 0.186 e. The Morgan fingerprint density at radius 1 is 0.955 bits per heavy atom. The molecule has 1 N–H and O–H groups in total. The fourth-order valence-electron chi connectivity index (χ4n) is 2.70. The summed E-state index contributed by atoms with van der Waals surface area (Å²) in [4.78, 5) is 0. The lowest BCUT2D eigenvalue weighted by Gasteiger charge is -2.44. The van der Waals surface area contributed by atoms with Crippen molar-refractivity contribution in [3.8, 4) is 0 Å². The van der Waals surface area contributed by atoms with Crippen molar-refractivity contribution < 1.29 is 28.8 Å². The highest BCUT2D eigenvalue weighted by Crippen LogP contribution is 2.28. The second-order valence-electron chi connectivity index (χ2n) is 5.12. The van der Waals surface area contributed by atoms with Crippen LogP contribution in [0.3, 0.4) is 0 Å². The normalized spacial score (nSPS) is 32.1. The van der Waals surface area contributed by atoms with E-state index in [0.717, 1.165) is 5.56 Å². The summed E-state index contributed by atoms with van der Waals surface area (Å²) in [5.74, 6) is 0. The number of hydrogen-bond acceptors (Lipinski definition) is 6. The molecular weight excluding hydrogens is 288 g/mol. The van der Waals surface area contributed by atoms with Gasteiger partial charge in [-0.2, -0.15) is 0 Å². The molecule has 1 aliphatic rings. The minimum absolute atomic E-state index is 0.185. The molecule has 0 amide bonds. The van der Waals surface area contributed by atoms with Crippen LogP contribution in [0.4, 0.5) is 0 Å². The standard InChI is InChI=1S/C16H24O6/c1-18-14-13(21-10-11-7-5-4-6-8-11)12(9-17)22-16(20-3)15(14)19-2/h4-8,12-17H,9-10H2,1-3H3/t12-,13+,14+,15-,16+/m1/s1. The molecule has 1 aromatic rings. The molecule has 0 unspecified atom stereocenters. The van der Waals surface area contributed by atoms with Gasteiger partial charge < -0.3 is 28.8 Å². The fourth-order valence-corrected chi connectivity index (χ4v) is 2.70. The molecule has 1 saturated heterocycles. The van der Waals surface area contributed by atoms with Crippen LogP contribution < -0.4 is 0 Å². The highest BCUT2D eigenvalue weighted by Gasteiger charge is 2.47. The van der Waals surface area contributed by atoms with Gasteiger partial charge in [-0.15, -0.1) is 0 Å². The van der Waals surface area contributed by atoms with Crippen molar-refractivity contribution in [2.24, 2.45) is 0 Å². The minimum Gasteiger partial charge on any atom is -0.394 e. The van der Waals surface area contributed by atoms with Crippen molar-refractivity contribution in [3.63, 3.8) is 0 Å². The molecule has 22 heavy (non-hydrogen) atoms. The SMILES string of the molecule is CO[C@H]1O[C@H](CO)[C@H](OCc2ccccc2)[C@H](OC)[C@H]1OC. The third kappa shape index (κ3) is 3.84. The van der Waals surface area contributed by atoms with Crippen LogP contribution in [-0.2, 0) is 30.3 Å². The Morgan fingerprint density at radius 2 is 1.64 bits per heavy atom. The van der Waals surface area contributed by atoms with Gasteiger partial charge in [-0.3, -0.25) is 0 Å². The van der Waals surface area contributed by atoms with E-state index >= 15 is 0 Å². The van der Waals surface area contributed by atoms with E-state index < -0.39 is 30.7 Å². The molecule has 0 aliphatic carbocycles. The first-order valence-corrected chi connectivity index (χ1v) is 7.25. The summed E-state index contributed by atoms with van der Waals surface area (Å²) >= 11 is 0. The second-order valence-corrected chi connectivity index (χ2v) is 5.12. The molecular formula is C16H24O6. The first-order valence-electron chi connectivity index (χ1n) is 7.25. The monoisotopic (exact) mass is 312 g/mol. The maximum Gasteiger partial charge on any atom is 0.186 e. The van der Waals surface area contributed by atoms with E-state index in [1.807, 2.05) is 30.3 Å². The molecule has 1 fully saturated rings. The quantitative estimate of drug-likeness (QED) is 0.809. The van der Waals surface area contributed by atoms with E-state index in [-0.39, 0.29) is 6.61 Å². The number of hydrogen-bond donors (Lipinski definition) is 1. The lowest BCUT2D eigenvalue weighted by molar-refractivity contribution is -0.311. The van der Waals surface area contributed by atoms with Gasteiger partial charge in [-0.05, 0) is 5.56 Å². The lowest BCUT2D eigenvalue weighted by atomic mass is 9.98. The van der Waals surface area contributed by atoms with Gasteiger partial charge >= 0.3 is 0 Å². The Balaban J connectivity index is 2.10. The summed E-state index contributed by atoms with van der Waals surface area (Å²) in [5, 5.41) is 9.59. The summed E-state index contributed by atoms with van der Waals surface area (Å²) < 4.78 is 27.9. The molecule has 1 aromatic carbocycles. The van der Waals surface area contributed by atoms with Gasteiger partial charge in [0.1, 0.15) is 24.4 Å². The first kappa shape index (κ1) is 17.3. The van der Waals surface area contributed by atoms with E-state index in [9.17, 15) is 5.11 Å². The van der Waals surface area contributed by atoms with Crippen molar-refractivity contribution >= 4 is 0 Å². The van der Waals surface area contributed by atoms with Gasteiger partial charge in [0.25, 0.3) is 0 Å². The van der Waals surface area contributed by atoms with Gasteiger partial charge in [0.2, 0.25) is 0 Å². The predicted molar refractivity (Wildman–Crippen MR) is 79.4 cm³/mol. The maximum absolute atomic E-state index is 9.59. The topological polar surface area (TPSA) is 66.4 Å². The number of aliphatic hydroxyl groups is 1. The zero-order chi connectivity index (χ0) is 15.9. The van der Waals surface area contributed by atoms with Gasteiger partial charge in [-0.25, -0.2) is 0 Å². The molecule has 0 spiro atoms. The van der Waals surface area contributed by atoms with Gasteiger partial charge in [-0.1, -0.05) is 30.3 Å². The Bertz CT molecular complexity index is 426. The van der Waals surface area contributed by atoms with Crippen LogP contribution in [0.25, 0.3) is 0 Å². The highest BCUT2D eigenvalue weighted by molar-refractivity contribution is 5.13. The molecule has 124 valence electrons. The van der Waals surface area contributed by atoms with Crippen molar-refractivity contribution in [1.82, 2.24) is 0 Å². The van der Waals surface area contributed by atoms with Crippen LogP contribution in [0, 0.1) is 0 Å². The number of aliphatic hydroxyl groups excluding tert-OH is 1. The number of rotatable bonds is 7. The summed E-state index contributed by atoms with van der Waals surface area (Å²) in [7, 11) is 4.69.